The van der Waals surface area contributed by atoms with Gasteiger partial charge in [-0.15, -0.1) is 0 Å². The van der Waals surface area contributed by atoms with E-state index in [9.17, 15) is 8.39 Å². The first-order chi connectivity index (χ1) is 6.09. The molecule has 0 radical (unpaired) electrons. The van der Waals surface area contributed by atoms with Crippen LogP contribution in [0, 0.1) is 17.8 Å². The van der Waals surface area contributed by atoms with Gasteiger partial charge in [0, 0.05) is 6.16 Å². The molecule has 78 valence electrons. The SMILES string of the molecule is CC(C)C1CCC(CP(F)F)CC1. The lowest BCUT2D eigenvalue weighted by molar-refractivity contribution is 0.235. The van der Waals surface area contributed by atoms with Gasteiger partial charge in [0.2, 0.25) is 0 Å². The summed E-state index contributed by atoms with van der Waals surface area (Å²) in [7, 11) is -2.65. The van der Waals surface area contributed by atoms with E-state index in [-0.39, 0.29) is 6.16 Å². The maximum Gasteiger partial charge on any atom is 0.266 e. The molecule has 13 heavy (non-hydrogen) atoms. The Morgan fingerprint density at radius 2 is 1.69 bits per heavy atom. The van der Waals surface area contributed by atoms with Crippen LogP contribution in [0.15, 0.2) is 0 Å². The number of rotatable bonds is 3. The molecule has 0 heterocycles. The van der Waals surface area contributed by atoms with Gasteiger partial charge >= 0.3 is 0 Å². The highest BCUT2D eigenvalue weighted by atomic mass is 31.2. The number of halogens is 2. The van der Waals surface area contributed by atoms with Crippen LogP contribution in [0.1, 0.15) is 39.5 Å². The Bertz CT molecular complexity index is 140. The Morgan fingerprint density at radius 1 is 1.15 bits per heavy atom. The summed E-state index contributed by atoms with van der Waals surface area (Å²) in [5.41, 5.74) is 0. The Morgan fingerprint density at radius 3 is 2.08 bits per heavy atom. The molecule has 0 aromatic rings. The fourth-order valence-electron chi connectivity index (χ4n) is 2.23. The van der Waals surface area contributed by atoms with Crippen molar-refractivity contribution in [1.82, 2.24) is 0 Å². The third kappa shape index (κ3) is 3.89. The third-order valence-electron chi connectivity index (χ3n) is 3.23. The summed E-state index contributed by atoms with van der Waals surface area (Å²) in [6, 6.07) is 0. The van der Waals surface area contributed by atoms with Crippen molar-refractivity contribution in [3.05, 3.63) is 0 Å². The molecule has 1 rings (SSSR count). The highest BCUT2D eigenvalue weighted by Gasteiger charge is 2.25. The second-order valence-corrected chi connectivity index (χ2v) is 5.48. The zero-order valence-corrected chi connectivity index (χ0v) is 9.37. The lowest BCUT2D eigenvalue weighted by Gasteiger charge is -2.30. The van der Waals surface area contributed by atoms with E-state index in [1.165, 1.54) is 12.8 Å². The van der Waals surface area contributed by atoms with E-state index in [2.05, 4.69) is 13.8 Å². The van der Waals surface area contributed by atoms with Crippen molar-refractivity contribution < 1.29 is 8.39 Å². The Balaban J connectivity index is 2.22. The molecular weight excluding hydrogens is 189 g/mol. The van der Waals surface area contributed by atoms with Gasteiger partial charge < -0.3 is 0 Å². The van der Waals surface area contributed by atoms with Crippen LogP contribution < -0.4 is 0 Å². The molecule has 0 bridgehead atoms. The van der Waals surface area contributed by atoms with Crippen molar-refractivity contribution in [2.45, 2.75) is 39.5 Å². The normalized spacial score (nSPS) is 30.0. The van der Waals surface area contributed by atoms with E-state index < -0.39 is 8.54 Å². The lowest BCUT2D eigenvalue weighted by atomic mass is 9.77. The minimum Gasteiger partial charge on any atom is -0.189 e. The predicted octanol–water partition coefficient (Wildman–Crippen LogP) is 4.70. The van der Waals surface area contributed by atoms with Gasteiger partial charge in [0.1, 0.15) is 0 Å². The van der Waals surface area contributed by atoms with Crippen LogP contribution in [0.25, 0.3) is 0 Å². The molecule has 0 spiro atoms. The van der Waals surface area contributed by atoms with Crippen molar-refractivity contribution in [3.8, 4) is 0 Å². The van der Waals surface area contributed by atoms with E-state index in [0.29, 0.717) is 5.92 Å². The summed E-state index contributed by atoms with van der Waals surface area (Å²) in [5.74, 6) is 1.86. The van der Waals surface area contributed by atoms with Gasteiger partial charge in [-0.2, -0.15) is 8.39 Å². The largest absolute Gasteiger partial charge is 0.266 e. The predicted molar refractivity (Wildman–Crippen MR) is 54.3 cm³/mol. The fourth-order valence-corrected chi connectivity index (χ4v) is 2.99. The van der Waals surface area contributed by atoms with Gasteiger partial charge in [0.25, 0.3) is 8.54 Å². The molecule has 0 unspecified atom stereocenters. The molecule has 0 aromatic heterocycles. The van der Waals surface area contributed by atoms with Crippen LogP contribution in [-0.4, -0.2) is 6.16 Å². The molecule has 0 nitrogen and oxygen atoms in total. The van der Waals surface area contributed by atoms with Gasteiger partial charge in [0.05, 0.1) is 0 Å². The van der Waals surface area contributed by atoms with Crippen LogP contribution in [0.5, 0.6) is 0 Å². The second-order valence-electron chi connectivity index (χ2n) is 4.51. The summed E-state index contributed by atoms with van der Waals surface area (Å²) in [6.07, 6.45) is 4.61. The van der Waals surface area contributed by atoms with Gasteiger partial charge in [-0.05, 0) is 43.4 Å². The Kier molecular flexibility index (Phi) is 4.58. The van der Waals surface area contributed by atoms with Crippen LogP contribution in [0.3, 0.4) is 0 Å². The first-order valence-electron chi connectivity index (χ1n) is 5.18. The molecule has 3 heteroatoms. The molecule has 1 fully saturated rings. The highest BCUT2D eigenvalue weighted by molar-refractivity contribution is 7.46. The van der Waals surface area contributed by atoms with Crippen molar-refractivity contribution in [1.29, 1.82) is 0 Å². The maximum absolute atomic E-state index is 12.1. The monoisotopic (exact) mass is 208 g/mol. The molecule has 1 saturated carbocycles. The van der Waals surface area contributed by atoms with Crippen molar-refractivity contribution in [2.75, 3.05) is 6.16 Å². The maximum atomic E-state index is 12.1. The van der Waals surface area contributed by atoms with Crippen LogP contribution in [0.2, 0.25) is 0 Å². The summed E-state index contributed by atoms with van der Waals surface area (Å²) in [6.45, 7) is 4.48. The molecular formula is C10H19F2P. The van der Waals surface area contributed by atoms with E-state index in [1.54, 1.807) is 0 Å². The van der Waals surface area contributed by atoms with E-state index in [0.717, 1.165) is 24.7 Å². The Hall–Kier alpha value is 0.290. The number of hydrogen-bond acceptors (Lipinski definition) is 0. The average molecular weight is 208 g/mol. The smallest absolute Gasteiger partial charge is 0.189 e. The highest BCUT2D eigenvalue weighted by Crippen LogP contribution is 2.45. The van der Waals surface area contributed by atoms with Crippen molar-refractivity contribution in [2.24, 2.45) is 17.8 Å². The van der Waals surface area contributed by atoms with Crippen LogP contribution in [-0.2, 0) is 0 Å². The first kappa shape index (κ1) is 11.4. The van der Waals surface area contributed by atoms with Gasteiger partial charge in [-0.3, -0.25) is 0 Å². The van der Waals surface area contributed by atoms with E-state index in [4.69, 9.17) is 0 Å². The minimum absolute atomic E-state index is 0.195. The van der Waals surface area contributed by atoms with Gasteiger partial charge in [-0.25, -0.2) is 0 Å². The molecule has 0 atom stereocenters. The molecule has 0 N–H and O–H groups in total. The third-order valence-corrected chi connectivity index (χ3v) is 4.02. The lowest BCUT2D eigenvalue weighted by Crippen LogP contribution is -2.19. The second kappa shape index (κ2) is 5.24. The summed E-state index contributed by atoms with van der Waals surface area (Å²) in [4.78, 5) is 0. The van der Waals surface area contributed by atoms with Crippen LogP contribution >= 0.6 is 8.54 Å². The van der Waals surface area contributed by atoms with E-state index in [1.807, 2.05) is 0 Å². The topological polar surface area (TPSA) is 0 Å². The van der Waals surface area contributed by atoms with Crippen molar-refractivity contribution in [3.63, 3.8) is 0 Å². The van der Waals surface area contributed by atoms with Crippen molar-refractivity contribution >= 4 is 8.54 Å². The minimum atomic E-state index is -2.65. The molecule has 0 aromatic carbocycles. The zero-order valence-electron chi connectivity index (χ0n) is 8.47. The summed E-state index contributed by atoms with van der Waals surface area (Å²) >= 11 is 0. The fraction of sp³-hybridized carbons (Fsp3) is 1.00. The van der Waals surface area contributed by atoms with E-state index >= 15 is 0 Å². The average Bonchev–Trinajstić information content (AvgIpc) is 2.04. The molecule has 0 amide bonds. The molecule has 0 saturated heterocycles. The first-order valence-corrected chi connectivity index (χ1v) is 6.49. The van der Waals surface area contributed by atoms with Gasteiger partial charge in [-0.1, -0.05) is 13.8 Å². The zero-order chi connectivity index (χ0) is 9.84. The molecule has 0 aliphatic heterocycles. The quantitative estimate of drug-likeness (QED) is 0.590. The molecule has 1 aliphatic carbocycles. The number of hydrogen-bond donors (Lipinski definition) is 0. The standard InChI is InChI=1S/C10H19F2P/c1-8(2)10-5-3-9(4-6-10)7-13(11)12/h8-10H,3-7H2,1-2H3. The summed E-state index contributed by atoms with van der Waals surface area (Å²) < 4.78 is 24.3. The molecule has 1 aliphatic rings. The van der Waals surface area contributed by atoms with Crippen LogP contribution in [0.4, 0.5) is 8.39 Å². The Labute approximate surface area is 81.1 Å². The van der Waals surface area contributed by atoms with Gasteiger partial charge in [0.15, 0.2) is 0 Å². The summed E-state index contributed by atoms with van der Waals surface area (Å²) in [5, 5.41) is 0.